The lowest BCUT2D eigenvalue weighted by Gasteiger charge is -2.20. The zero-order valence-corrected chi connectivity index (χ0v) is 15.8. The molecule has 0 radical (unpaired) electrons. The summed E-state index contributed by atoms with van der Waals surface area (Å²) >= 11 is 0. The molecule has 4 rings (SSSR count). The number of carboxylic acids is 1. The first-order valence-electron chi connectivity index (χ1n) is 8.72. The van der Waals surface area contributed by atoms with Crippen molar-refractivity contribution in [3.05, 3.63) is 78.1 Å². The number of benzene rings is 3. The second-order valence-corrected chi connectivity index (χ2v) is 8.29. The summed E-state index contributed by atoms with van der Waals surface area (Å²) in [7, 11) is -4.16. The van der Waals surface area contributed by atoms with Gasteiger partial charge in [0.1, 0.15) is 17.0 Å². The number of carboxylic acid groups (broad SMARTS) is 1. The lowest BCUT2D eigenvalue weighted by atomic mass is 10.1. The lowest BCUT2D eigenvalue weighted by molar-refractivity contribution is -0.307. The fraction of sp³-hybridized carbons (Fsp3) is 0.0952. The summed E-state index contributed by atoms with van der Waals surface area (Å²) in [6, 6.07) is 15.1. The number of rotatable bonds is 6. The Morgan fingerprint density at radius 3 is 2.41 bits per heavy atom. The maximum Gasteiger partial charge on any atom is 0.241 e. The third-order valence-electron chi connectivity index (χ3n) is 4.59. The van der Waals surface area contributed by atoms with Crippen LogP contribution in [0.4, 0.5) is 4.39 Å². The zero-order valence-electron chi connectivity index (χ0n) is 15.0. The molecule has 0 bridgehead atoms. The molecule has 0 saturated heterocycles. The van der Waals surface area contributed by atoms with E-state index in [-0.39, 0.29) is 11.3 Å². The van der Waals surface area contributed by atoms with Crippen molar-refractivity contribution >= 4 is 37.9 Å². The van der Waals surface area contributed by atoms with Crippen molar-refractivity contribution in [1.82, 2.24) is 4.72 Å². The Morgan fingerprint density at radius 2 is 1.69 bits per heavy atom. The van der Waals surface area contributed by atoms with E-state index in [0.717, 1.165) is 5.39 Å². The van der Waals surface area contributed by atoms with Gasteiger partial charge in [-0.05, 0) is 48.4 Å². The molecule has 1 N–H and O–H groups in total. The van der Waals surface area contributed by atoms with Crippen LogP contribution in [-0.2, 0) is 21.2 Å². The highest BCUT2D eigenvalue weighted by atomic mass is 32.2. The molecule has 1 heterocycles. The van der Waals surface area contributed by atoms with Gasteiger partial charge in [0, 0.05) is 10.8 Å². The molecule has 0 aliphatic carbocycles. The number of para-hydroxylation sites is 1. The molecule has 0 aliphatic heterocycles. The van der Waals surface area contributed by atoms with Crippen LogP contribution in [-0.4, -0.2) is 20.4 Å². The van der Waals surface area contributed by atoms with E-state index in [2.05, 4.69) is 4.72 Å². The monoisotopic (exact) mass is 412 g/mol. The van der Waals surface area contributed by atoms with Gasteiger partial charge in [-0.25, -0.2) is 17.5 Å². The Morgan fingerprint density at radius 1 is 1.00 bits per heavy atom. The summed E-state index contributed by atoms with van der Waals surface area (Å²) in [4.78, 5) is 11.4. The molecule has 1 aromatic heterocycles. The molecule has 3 aromatic carbocycles. The van der Waals surface area contributed by atoms with Gasteiger partial charge in [0.25, 0.3) is 0 Å². The van der Waals surface area contributed by atoms with Gasteiger partial charge >= 0.3 is 0 Å². The molecule has 0 amide bonds. The van der Waals surface area contributed by atoms with Crippen LogP contribution in [0.1, 0.15) is 5.56 Å². The van der Waals surface area contributed by atoms with Gasteiger partial charge in [-0.3, -0.25) is 0 Å². The molecule has 29 heavy (non-hydrogen) atoms. The predicted molar refractivity (Wildman–Crippen MR) is 103 cm³/mol. The maximum absolute atomic E-state index is 13.0. The van der Waals surface area contributed by atoms with E-state index in [4.69, 9.17) is 4.42 Å². The largest absolute Gasteiger partial charge is 0.548 e. The smallest absolute Gasteiger partial charge is 0.241 e. The summed E-state index contributed by atoms with van der Waals surface area (Å²) in [5.41, 5.74) is 1.60. The van der Waals surface area contributed by atoms with Crippen molar-refractivity contribution in [2.75, 3.05) is 0 Å². The van der Waals surface area contributed by atoms with Crippen LogP contribution in [0.3, 0.4) is 0 Å². The Bertz CT molecular complexity index is 1310. The molecular formula is C21H15FNO5S-. The minimum absolute atomic E-state index is 0.0955. The lowest BCUT2D eigenvalue weighted by Crippen LogP contribution is -2.49. The van der Waals surface area contributed by atoms with Crippen LogP contribution in [0.2, 0.25) is 0 Å². The molecule has 0 aliphatic rings. The first kappa shape index (κ1) is 19.1. The molecule has 1 atom stereocenters. The molecule has 0 fully saturated rings. The minimum Gasteiger partial charge on any atom is -0.548 e. The van der Waals surface area contributed by atoms with Crippen LogP contribution in [0, 0.1) is 5.82 Å². The second-order valence-electron chi connectivity index (χ2n) is 6.58. The average Bonchev–Trinajstić information content (AvgIpc) is 3.07. The quantitative estimate of drug-likeness (QED) is 0.524. The molecule has 0 unspecified atom stereocenters. The number of aliphatic carboxylic acids is 1. The minimum atomic E-state index is -4.16. The van der Waals surface area contributed by atoms with E-state index >= 15 is 0 Å². The highest BCUT2D eigenvalue weighted by Crippen LogP contribution is 2.30. The first-order chi connectivity index (χ1) is 13.8. The predicted octanol–water partition coefficient (Wildman–Crippen LogP) is 2.36. The van der Waals surface area contributed by atoms with E-state index in [9.17, 15) is 22.7 Å². The Labute approximate surface area is 165 Å². The zero-order chi connectivity index (χ0) is 20.6. The van der Waals surface area contributed by atoms with Gasteiger partial charge in [0.15, 0.2) is 0 Å². The van der Waals surface area contributed by atoms with Crippen LogP contribution >= 0.6 is 0 Å². The SMILES string of the molecule is O=C([O-])[C@H](Cc1ccc(F)cc1)NS(=O)(=O)c1ccc2oc3ccccc3c2c1. The first-order valence-corrected chi connectivity index (χ1v) is 10.2. The van der Waals surface area contributed by atoms with E-state index in [1.165, 1.54) is 42.5 Å². The number of sulfonamides is 1. The Balaban J connectivity index is 1.66. The fourth-order valence-corrected chi connectivity index (χ4v) is 4.37. The summed E-state index contributed by atoms with van der Waals surface area (Å²) in [5, 5.41) is 12.9. The van der Waals surface area contributed by atoms with Gasteiger partial charge in [0.05, 0.1) is 16.9 Å². The molecule has 148 valence electrons. The summed E-state index contributed by atoms with van der Waals surface area (Å²) in [5.74, 6) is -2.05. The Hall–Kier alpha value is -3.23. The maximum atomic E-state index is 13.0. The normalized spacial score (nSPS) is 13.0. The third kappa shape index (κ3) is 3.85. The van der Waals surface area contributed by atoms with Crippen LogP contribution < -0.4 is 9.83 Å². The molecule has 0 saturated carbocycles. The topological polar surface area (TPSA) is 99.4 Å². The molecule has 0 spiro atoms. The van der Waals surface area contributed by atoms with Crippen molar-refractivity contribution in [1.29, 1.82) is 0 Å². The van der Waals surface area contributed by atoms with Crippen molar-refractivity contribution in [2.45, 2.75) is 17.4 Å². The van der Waals surface area contributed by atoms with Crippen LogP contribution in [0.15, 0.2) is 76.0 Å². The van der Waals surface area contributed by atoms with Crippen molar-refractivity contribution in [3.63, 3.8) is 0 Å². The molecule has 6 nitrogen and oxygen atoms in total. The van der Waals surface area contributed by atoms with Crippen molar-refractivity contribution < 1.29 is 27.1 Å². The number of carbonyl (C=O) groups is 1. The number of furan rings is 1. The summed E-state index contributed by atoms with van der Waals surface area (Å²) < 4.78 is 46.5. The average molecular weight is 412 g/mol. The summed E-state index contributed by atoms with van der Waals surface area (Å²) in [6.45, 7) is 0. The second kappa shape index (κ2) is 7.31. The molecular weight excluding hydrogens is 397 g/mol. The number of hydrogen-bond acceptors (Lipinski definition) is 5. The Kier molecular flexibility index (Phi) is 4.81. The number of hydrogen-bond donors (Lipinski definition) is 1. The highest BCUT2D eigenvalue weighted by Gasteiger charge is 2.22. The van der Waals surface area contributed by atoms with Crippen LogP contribution in [0.5, 0.6) is 0 Å². The third-order valence-corrected chi connectivity index (χ3v) is 6.06. The van der Waals surface area contributed by atoms with Gasteiger partial charge < -0.3 is 14.3 Å². The number of nitrogens with one attached hydrogen (secondary N) is 1. The standard InChI is InChI=1S/C21H16FNO5S/c22-14-7-5-13(6-8-14)11-18(21(24)25)23-29(26,27)15-9-10-20-17(12-15)16-3-1-2-4-19(16)28-20/h1-10,12,18,23H,11H2,(H,24,25)/p-1/t18-/m0/s1. The van der Waals surface area contributed by atoms with E-state index < -0.39 is 27.9 Å². The van der Waals surface area contributed by atoms with Crippen molar-refractivity contribution in [2.24, 2.45) is 0 Å². The number of carbonyl (C=O) groups excluding carboxylic acids is 1. The van der Waals surface area contributed by atoms with Crippen LogP contribution in [0.25, 0.3) is 21.9 Å². The van der Waals surface area contributed by atoms with Gasteiger partial charge in [-0.2, -0.15) is 0 Å². The molecule has 4 aromatic rings. The van der Waals surface area contributed by atoms with Gasteiger partial charge in [-0.1, -0.05) is 30.3 Å². The van der Waals surface area contributed by atoms with Gasteiger partial charge in [0.2, 0.25) is 10.0 Å². The number of fused-ring (bicyclic) bond motifs is 3. The summed E-state index contributed by atoms with van der Waals surface area (Å²) in [6.07, 6.45) is -0.182. The van der Waals surface area contributed by atoms with E-state index in [1.807, 2.05) is 18.2 Å². The highest BCUT2D eigenvalue weighted by molar-refractivity contribution is 7.89. The fourth-order valence-electron chi connectivity index (χ4n) is 3.16. The van der Waals surface area contributed by atoms with E-state index in [1.54, 1.807) is 6.07 Å². The van der Waals surface area contributed by atoms with E-state index in [0.29, 0.717) is 22.1 Å². The number of halogens is 1. The molecule has 8 heteroatoms. The van der Waals surface area contributed by atoms with Gasteiger partial charge in [-0.15, -0.1) is 0 Å². The van der Waals surface area contributed by atoms with Crippen molar-refractivity contribution in [3.8, 4) is 0 Å².